The number of anilines is 3. The first kappa shape index (κ1) is 11.7. The van der Waals surface area contributed by atoms with Crippen LogP contribution in [0.15, 0.2) is 23.6 Å². The summed E-state index contributed by atoms with van der Waals surface area (Å²) >= 11 is 1.71. The molecule has 1 unspecified atom stereocenters. The predicted octanol–water partition coefficient (Wildman–Crippen LogP) is 1.90. The average molecular weight is 249 g/mol. The van der Waals surface area contributed by atoms with E-state index in [2.05, 4.69) is 28.3 Å². The van der Waals surface area contributed by atoms with E-state index in [9.17, 15) is 0 Å². The lowest BCUT2D eigenvalue weighted by Crippen LogP contribution is -2.22. The fourth-order valence-electron chi connectivity index (χ4n) is 1.57. The van der Waals surface area contributed by atoms with E-state index in [0.29, 0.717) is 5.82 Å². The molecular formula is C11H15N5S. The van der Waals surface area contributed by atoms with Crippen LogP contribution in [-0.2, 0) is 0 Å². The van der Waals surface area contributed by atoms with Crippen LogP contribution in [0, 0.1) is 0 Å². The van der Waals surface area contributed by atoms with Crippen molar-refractivity contribution in [2.45, 2.75) is 13.0 Å². The van der Waals surface area contributed by atoms with Gasteiger partial charge in [-0.15, -0.1) is 11.3 Å². The van der Waals surface area contributed by atoms with Gasteiger partial charge in [-0.25, -0.2) is 0 Å². The van der Waals surface area contributed by atoms with Crippen LogP contribution in [0.3, 0.4) is 0 Å². The lowest BCUT2D eigenvalue weighted by atomic mass is 10.2. The summed E-state index contributed by atoms with van der Waals surface area (Å²) in [4.78, 5) is 11.3. The van der Waals surface area contributed by atoms with Gasteiger partial charge in [0.1, 0.15) is 11.6 Å². The first-order valence-electron chi connectivity index (χ1n) is 5.24. The van der Waals surface area contributed by atoms with Crippen molar-refractivity contribution in [3.8, 4) is 0 Å². The number of nitrogen functional groups attached to an aromatic ring is 2. The first-order chi connectivity index (χ1) is 8.08. The van der Waals surface area contributed by atoms with Crippen LogP contribution in [0.5, 0.6) is 0 Å². The van der Waals surface area contributed by atoms with Crippen molar-refractivity contribution >= 4 is 28.9 Å². The Morgan fingerprint density at radius 1 is 1.35 bits per heavy atom. The highest BCUT2D eigenvalue weighted by atomic mass is 32.1. The van der Waals surface area contributed by atoms with Gasteiger partial charge in [-0.2, -0.15) is 9.97 Å². The molecule has 0 saturated heterocycles. The van der Waals surface area contributed by atoms with Gasteiger partial charge in [-0.05, 0) is 18.4 Å². The SMILES string of the molecule is CC(c1cccs1)N(C)c1cc(N)nc(N)n1. The minimum Gasteiger partial charge on any atom is -0.383 e. The second-order valence-corrected chi connectivity index (χ2v) is 4.79. The molecule has 0 aliphatic rings. The van der Waals surface area contributed by atoms with Gasteiger partial charge in [0, 0.05) is 18.0 Å². The number of nitrogens with two attached hydrogens (primary N) is 2. The number of hydrogen-bond acceptors (Lipinski definition) is 6. The molecule has 1 atom stereocenters. The van der Waals surface area contributed by atoms with Gasteiger partial charge in [0.15, 0.2) is 0 Å². The molecule has 0 aromatic carbocycles. The Morgan fingerprint density at radius 2 is 2.12 bits per heavy atom. The molecule has 0 fully saturated rings. The molecule has 2 rings (SSSR count). The summed E-state index contributed by atoms with van der Waals surface area (Å²) in [5.74, 6) is 1.32. The van der Waals surface area contributed by atoms with Gasteiger partial charge in [0.2, 0.25) is 5.95 Å². The molecule has 0 aliphatic heterocycles. The van der Waals surface area contributed by atoms with Gasteiger partial charge in [0.05, 0.1) is 6.04 Å². The topological polar surface area (TPSA) is 81.1 Å². The van der Waals surface area contributed by atoms with Crippen molar-refractivity contribution in [3.05, 3.63) is 28.5 Å². The maximum absolute atomic E-state index is 5.66. The van der Waals surface area contributed by atoms with Crippen molar-refractivity contribution in [2.24, 2.45) is 0 Å². The third-order valence-corrected chi connectivity index (χ3v) is 3.69. The number of hydrogen-bond donors (Lipinski definition) is 2. The third-order valence-electron chi connectivity index (χ3n) is 2.65. The molecule has 0 amide bonds. The smallest absolute Gasteiger partial charge is 0.223 e. The van der Waals surface area contributed by atoms with E-state index in [1.54, 1.807) is 17.4 Å². The molecule has 0 spiro atoms. The average Bonchev–Trinajstić information content (AvgIpc) is 2.79. The van der Waals surface area contributed by atoms with Gasteiger partial charge < -0.3 is 16.4 Å². The number of rotatable bonds is 3. The van der Waals surface area contributed by atoms with E-state index in [0.717, 1.165) is 5.82 Å². The van der Waals surface area contributed by atoms with Crippen LogP contribution in [0.25, 0.3) is 0 Å². The summed E-state index contributed by atoms with van der Waals surface area (Å²) in [5, 5.41) is 2.06. The minimum atomic E-state index is 0.199. The van der Waals surface area contributed by atoms with Crippen molar-refractivity contribution in [1.29, 1.82) is 0 Å². The van der Waals surface area contributed by atoms with E-state index >= 15 is 0 Å². The maximum atomic E-state index is 5.66. The van der Waals surface area contributed by atoms with E-state index in [1.807, 2.05) is 18.0 Å². The van der Waals surface area contributed by atoms with Gasteiger partial charge in [-0.1, -0.05) is 6.07 Å². The van der Waals surface area contributed by atoms with Crippen LogP contribution in [-0.4, -0.2) is 17.0 Å². The quantitative estimate of drug-likeness (QED) is 0.868. The molecule has 2 aromatic heterocycles. The lowest BCUT2D eigenvalue weighted by molar-refractivity contribution is 0.741. The Labute approximate surface area is 104 Å². The van der Waals surface area contributed by atoms with Gasteiger partial charge >= 0.3 is 0 Å². The minimum absolute atomic E-state index is 0.199. The standard InChI is InChI=1S/C11H15N5S/c1-7(8-4-3-5-17-8)16(2)10-6-9(12)14-11(13)15-10/h3-7H,1-2H3,(H4,12,13,14,15). The molecule has 4 N–H and O–H groups in total. The number of aromatic nitrogens is 2. The summed E-state index contributed by atoms with van der Waals surface area (Å²) in [7, 11) is 1.96. The Kier molecular flexibility index (Phi) is 3.14. The molecule has 6 heteroatoms. The summed E-state index contributed by atoms with van der Waals surface area (Å²) in [6, 6.07) is 6.08. The van der Waals surface area contributed by atoms with E-state index < -0.39 is 0 Å². The summed E-state index contributed by atoms with van der Waals surface area (Å²) in [6.45, 7) is 2.11. The third kappa shape index (κ3) is 2.47. The Bertz CT molecular complexity index is 476. The highest BCUT2D eigenvalue weighted by Gasteiger charge is 2.15. The van der Waals surface area contributed by atoms with Crippen molar-refractivity contribution in [1.82, 2.24) is 9.97 Å². The Balaban J connectivity index is 2.27. The fraction of sp³-hybridized carbons (Fsp3) is 0.273. The van der Waals surface area contributed by atoms with Gasteiger partial charge in [0.25, 0.3) is 0 Å². The van der Waals surface area contributed by atoms with Gasteiger partial charge in [-0.3, -0.25) is 0 Å². The van der Waals surface area contributed by atoms with E-state index in [1.165, 1.54) is 4.88 Å². The van der Waals surface area contributed by atoms with Crippen LogP contribution in [0.2, 0.25) is 0 Å². The molecule has 0 saturated carbocycles. The predicted molar refractivity (Wildman–Crippen MR) is 72.0 cm³/mol. The van der Waals surface area contributed by atoms with Crippen molar-refractivity contribution in [3.63, 3.8) is 0 Å². The molecule has 90 valence electrons. The molecule has 17 heavy (non-hydrogen) atoms. The molecule has 2 heterocycles. The highest BCUT2D eigenvalue weighted by Crippen LogP contribution is 2.27. The summed E-state index contributed by atoms with van der Waals surface area (Å²) < 4.78 is 0. The van der Waals surface area contributed by atoms with Crippen LogP contribution in [0.1, 0.15) is 17.8 Å². The van der Waals surface area contributed by atoms with Crippen LogP contribution >= 0.6 is 11.3 Å². The molecular weight excluding hydrogens is 234 g/mol. The van der Waals surface area contributed by atoms with Crippen LogP contribution in [0.4, 0.5) is 17.6 Å². The zero-order valence-corrected chi connectivity index (χ0v) is 10.6. The molecule has 2 aromatic rings. The summed E-state index contributed by atoms with van der Waals surface area (Å²) in [6.07, 6.45) is 0. The fourth-order valence-corrected chi connectivity index (χ4v) is 2.40. The van der Waals surface area contributed by atoms with Crippen LogP contribution < -0.4 is 16.4 Å². The highest BCUT2D eigenvalue weighted by molar-refractivity contribution is 7.10. The lowest BCUT2D eigenvalue weighted by Gasteiger charge is -2.25. The maximum Gasteiger partial charge on any atom is 0.223 e. The molecule has 0 bridgehead atoms. The second kappa shape index (κ2) is 4.58. The Morgan fingerprint density at radius 3 is 2.71 bits per heavy atom. The molecule has 5 nitrogen and oxygen atoms in total. The molecule has 0 radical (unpaired) electrons. The number of thiophene rings is 1. The summed E-state index contributed by atoms with van der Waals surface area (Å²) in [5.41, 5.74) is 11.3. The first-order valence-corrected chi connectivity index (χ1v) is 6.12. The van der Waals surface area contributed by atoms with Crippen molar-refractivity contribution < 1.29 is 0 Å². The molecule has 0 aliphatic carbocycles. The second-order valence-electron chi connectivity index (χ2n) is 3.81. The van der Waals surface area contributed by atoms with Crippen molar-refractivity contribution in [2.75, 3.05) is 23.4 Å². The van der Waals surface area contributed by atoms with E-state index in [-0.39, 0.29) is 12.0 Å². The largest absolute Gasteiger partial charge is 0.383 e. The monoisotopic (exact) mass is 249 g/mol. The zero-order valence-electron chi connectivity index (χ0n) is 9.79. The normalized spacial score (nSPS) is 12.4. The Hall–Kier alpha value is -1.82. The zero-order chi connectivity index (χ0) is 12.4. The van der Waals surface area contributed by atoms with E-state index in [4.69, 9.17) is 11.5 Å². The number of nitrogens with zero attached hydrogens (tertiary/aromatic N) is 3.